The van der Waals surface area contributed by atoms with Crippen molar-refractivity contribution < 1.29 is 33.7 Å². The summed E-state index contributed by atoms with van der Waals surface area (Å²) in [6.07, 6.45) is -1.67. The third-order valence-electron chi connectivity index (χ3n) is 5.70. The van der Waals surface area contributed by atoms with E-state index in [9.17, 15) is 14.4 Å². The van der Waals surface area contributed by atoms with Crippen molar-refractivity contribution in [3.63, 3.8) is 0 Å². The lowest BCUT2D eigenvalue weighted by Gasteiger charge is -2.21. The predicted octanol–water partition coefficient (Wildman–Crippen LogP) is 0.549. The number of carboxylic acid groups (broad SMARTS) is 1. The van der Waals surface area contributed by atoms with Gasteiger partial charge >= 0.3 is 12.0 Å². The molecule has 14 nitrogen and oxygen atoms in total. The quantitative estimate of drug-likeness (QED) is 0.360. The Bertz CT molecular complexity index is 1280. The molecule has 3 aromatic rings. The number of urea groups is 1. The number of benzene rings is 1. The fraction of sp³-hybridized carbons (Fsp3) is 0.364. The van der Waals surface area contributed by atoms with Crippen molar-refractivity contribution >= 4 is 34.9 Å². The lowest BCUT2D eigenvalue weighted by molar-refractivity contribution is -0.162. The number of fused-ring (bicyclic) bond motifs is 2. The van der Waals surface area contributed by atoms with Crippen LogP contribution in [0.25, 0.3) is 11.2 Å². The van der Waals surface area contributed by atoms with E-state index in [1.807, 2.05) is 30.3 Å². The number of rotatable bonds is 7. The second-order valence-corrected chi connectivity index (χ2v) is 8.03. The van der Waals surface area contributed by atoms with Gasteiger partial charge in [0.25, 0.3) is 5.91 Å². The summed E-state index contributed by atoms with van der Waals surface area (Å²) in [6, 6.07) is 8.75. The molecule has 1 aromatic carbocycles. The molecule has 2 aromatic heterocycles. The van der Waals surface area contributed by atoms with E-state index in [2.05, 4.69) is 30.9 Å². The molecule has 188 valence electrons. The normalized spacial score (nSPS) is 24.9. The minimum Gasteiger partial charge on any atom is -0.480 e. The first kappa shape index (κ1) is 23.6. The molecular formula is C22H23N7O7. The number of hydrogen-bond donors (Lipinski definition) is 4. The van der Waals surface area contributed by atoms with E-state index in [1.54, 1.807) is 11.5 Å². The second kappa shape index (κ2) is 9.85. The number of imidazole rings is 1. The Morgan fingerprint density at radius 1 is 1.03 bits per heavy atom. The Labute approximate surface area is 204 Å². The Morgan fingerprint density at radius 2 is 1.81 bits per heavy atom. The van der Waals surface area contributed by atoms with Gasteiger partial charge in [-0.05, 0) is 6.92 Å². The summed E-state index contributed by atoms with van der Waals surface area (Å²) in [5.74, 6) is -1.64. The summed E-state index contributed by atoms with van der Waals surface area (Å²) >= 11 is 0. The van der Waals surface area contributed by atoms with Crippen molar-refractivity contribution in [1.29, 1.82) is 0 Å². The highest BCUT2D eigenvalue weighted by Gasteiger charge is 2.56. The fourth-order valence-corrected chi connectivity index (χ4v) is 4.16. The lowest BCUT2D eigenvalue weighted by atomic mass is 10.1. The van der Waals surface area contributed by atoms with Gasteiger partial charge in [-0.25, -0.2) is 19.7 Å². The molecule has 4 unspecified atom stereocenters. The van der Waals surface area contributed by atoms with Crippen molar-refractivity contribution in [1.82, 2.24) is 30.2 Å². The third-order valence-corrected chi connectivity index (χ3v) is 5.70. The van der Waals surface area contributed by atoms with Gasteiger partial charge in [-0.3, -0.25) is 19.5 Å². The lowest BCUT2D eigenvalue weighted by Crippen LogP contribution is -2.43. The van der Waals surface area contributed by atoms with Crippen LogP contribution in [0.15, 0.2) is 43.0 Å². The van der Waals surface area contributed by atoms with Gasteiger partial charge in [0.2, 0.25) is 0 Å². The van der Waals surface area contributed by atoms with E-state index in [-0.39, 0.29) is 5.82 Å². The number of aliphatic carboxylic acids is 1. The average Bonchev–Trinajstić information content (AvgIpc) is 3.57. The summed E-state index contributed by atoms with van der Waals surface area (Å²) < 4.78 is 19.8. The van der Waals surface area contributed by atoms with Crippen molar-refractivity contribution in [2.45, 2.75) is 37.8 Å². The number of nitrogens with zero attached hydrogens (tertiary/aromatic N) is 4. The van der Waals surface area contributed by atoms with Crippen LogP contribution in [0.2, 0.25) is 0 Å². The maximum atomic E-state index is 12.8. The first-order chi connectivity index (χ1) is 17.5. The van der Waals surface area contributed by atoms with Crippen molar-refractivity contribution in [2.75, 3.05) is 18.4 Å². The first-order valence-electron chi connectivity index (χ1n) is 11.2. The monoisotopic (exact) mass is 497 g/mol. The average molecular weight is 497 g/mol. The molecule has 36 heavy (non-hydrogen) atoms. The number of anilines is 1. The van der Waals surface area contributed by atoms with E-state index in [4.69, 9.17) is 19.3 Å². The molecule has 0 spiro atoms. The topological polar surface area (TPSA) is 179 Å². The summed E-state index contributed by atoms with van der Waals surface area (Å²) in [4.78, 5) is 48.5. The minimum atomic E-state index is -1.19. The molecule has 14 heteroatoms. The van der Waals surface area contributed by atoms with Gasteiger partial charge in [0, 0.05) is 12.1 Å². The zero-order chi connectivity index (χ0) is 25.2. The van der Waals surface area contributed by atoms with Gasteiger partial charge in [0.05, 0.1) is 6.33 Å². The van der Waals surface area contributed by atoms with Crippen LogP contribution < -0.4 is 16.0 Å². The van der Waals surface area contributed by atoms with Crippen LogP contribution in [0.1, 0.15) is 25.0 Å². The molecule has 4 heterocycles. The summed E-state index contributed by atoms with van der Waals surface area (Å²) in [5, 5.41) is 16.5. The summed E-state index contributed by atoms with van der Waals surface area (Å²) in [5.41, 5.74) is 1.39. The highest BCUT2D eigenvalue weighted by atomic mass is 16.8. The van der Waals surface area contributed by atoms with Crippen molar-refractivity contribution in [2.24, 2.45) is 0 Å². The van der Waals surface area contributed by atoms with Crippen LogP contribution in [0.3, 0.4) is 0 Å². The van der Waals surface area contributed by atoms with E-state index < -0.39 is 55.3 Å². The molecule has 0 aliphatic carbocycles. The number of hydrogen-bond acceptors (Lipinski definition) is 9. The molecular weight excluding hydrogens is 474 g/mol. The highest BCUT2D eigenvalue weighted by molar-refractivity contribution is 5.95. The van der Waals surface area contributed by atoms with Gasteiger partial charge < -0.3 is 30.0 Å². The molecule has 2 aliphatic rings. The minimum absolute atomic E-state index is 0.195. The third kappa shape index (κ3) is 4.44. The molecule has 0 bridgehead atoms. The van der Waals surface area contributed by atoms with Crippen molar-refractivity contribution in [3.05, 3.63) is 48.5 Å². The van der Waals surface area contributed by atoms with E-state index >= 15 is 0 Å². The van der Waals surface area contributed by atoms with Gasteiger partial charge in [-0.2, -0.15) is 0 Å². The zero-order valence-electron chi connectivity index (χ0n) is 19.0. The Kier molecular flexibility index (Phi) is 6.45. The number of nitrogens with one attached hydrogen (secondary N) is 3. The number of amides is 3. The van der Waals surface area contributed by atoms with Gasteiger partial charge in [-0.15, -0.1) is 0 Å². The first-order valence-corrected chi connectivity index (χ1v) is 11.2. The van der Waals surface area contributed by atoms with Crippen LogP contribution in [0, 0.1) is 0 Å². The van der Waals surface area contributed by atoms with E-state index in [0.29, 0.717) is 17.7 Å². The Balaban J connectivity index is 1.46. The molecule has 2 aliphatic heterocycles. The molecule has 5 rings (SSSR count). The van der Waals surface area contributed by atoms with Crippen LogP contribution in [-0.4, -0.2) is 73.9 Å². The van der Waals surface area contributed by atoms with Crippen LogP contribution in [-0.2, 0) is 23.8 Å². The smallest absolute Gasteiger partial charge is 0.322 e. The largest absolute Gasteiger partial charge is 0.480 e. The molecule has 3 amide bonds. The Morgan fingerprint density at radius 3 is 2.56 bits per heavy atom. The highest BCUT2D eigenvalue weighted by Crippen LogP contribution is 2.44. The van der Waals surface area contributed by atoms with Gasteiger partial charge in [0.15, 0.2) is 35.6 Å². The fourth-order valence-electron chi connectivity index (χ4n) is 4.16. The Hall–Kier alpha value is -4.14. The van der Waals surface area contributed by atoms with E-state index in [0.717, 1.165) is 5.56 Å². The number of carboxylic acids is 1. The van der Waals surface area contributed by atoms with Gasteiger partial charge in [0.1, 0.15) is 25.1 Å². The molecule has 0 saturated carbocycles. The van der Waals surface area contributed by atoms with Crippen molar-refractivity contribution in [3.8, 4) is 0 Å². The molecule has 5 atom stereocenters. The standard InChI is InChI=1S/C22H23N7O7/c1-2-23-22(33)28-17-13-18(26-9-25-17)29(10-27-13)20-16-14(15(34-20)19(32)24-8-12(30)31)35-21(36-16)11-6-4-3-5-7-11/h3-7,9-10,14-16,20-21H,2,8H2,1H3,(H,24,32)(H,30,31)(H2,23,25,26,28,33)/t14?,15?,16?,20?,21-/m1/s1. The van der Waals surface area contributed by atoms with Gasteiger partial charge in [-0.1, -0.05) is 30.3 Å². The van der Waals surface area contributed by atoms with Crippen LogP contribution in [0.5, 0.6) is 0 Å². The molecule has 2 saturated heterocycles. The predicted molar refractivity (Wildman–Crippen MR) is 122 cm³/mol. The summed E-state index contributed by atoms with van der Waals surface area (Å²) in [7, 11) is 0. The van der Waals surface area contributed by atoms with Crippen LogP contribution in [0.4, 0.5) is 10.6 Å². The second-order valence-electron chi connectivity index (χ2n) is 8.03. The molecule has 4 N–H and O–H groups in total. The summed E-state index contributed by atoms with van der Waals surface area (Å²) in [6.45, 7) is 1.64. The molecule has 2 fully saturated rings. The SMILES string of the molecule is CCNC(=O)Nc1ncnc2c1ncn2C1OC(C(=O)NCC(=O)O)C2O[C@@H](c3ccccc3)OC21. The zero-order valence-corrected chi connectivity index (χ0v) is 19.0. The number of carbonyl (C=O) groups excluding carboxylic acids is 2. The number of carbonyl (C=O) groups is 3. The van der Waals surface area contributed by atoms with E-state index in [1.165, 1.54) is 12.7 Å². The number of aromatic nitrogens is 4. The van der Waals surface area contributed by atoms with Crippen LogP contribution >= 0.6 is 0 Å². The maximum absolute atomic E-state index is 12.8. The maximum Gasteiger partial charge on any atom is 0.322 e. The molecule has 0 radical (unpaired) electrons. The number of ether oxygens (including phenoxy) is 3.